The number of rotatable bonds is 8. The van der Waals surface area contributed by atoms with Crippen molar-refractivity contribution in [3.8, 4) is 5.69 Å². The maximum Gasteiger partial charge on any atom is 0.224 e. The average molecular weight is 501 g/mol. The van der Waals surface area contributed by atoms with E-state index in [-0.39, 0.29) is 24.7 Å². The second-order valence-corrected chi connectivity index (χ2v) is 8.97. The molecule has 168 valence electrons. The van der Waals surface area contributed by atoms with Crippen LogP contribution in [0.1, 0.15) is 17.0 Å². The molecule has 4 aromatic rings. The lowest BCUT2D eigenvalue weighted by molar-refractivity contribution is -0.120. The molecular formula is C24H19Cl2FN4OS. The number of aromatic nitrogens is 3. The van der Waals surface area contributed by atoms with Crippen molar-refractivity contribution in [1.82, 2.24) is 20.1 Å². The van der Waals surface area contributed by atoms with Gasteiger partial charge in [-0.2, -0.15) is 0 Å². The second-order valence-electron chi connectivity index (χ2n) is 7.18. The average Bonchev–Trinajstić information content (AvgIpc) is 3.21. The number of amides is 1. The van der Waals surface area contributed by atoms with Crippen molar-refractivity contribution in [3.63, 3.8) is 0 Å². The zero-order valence-electron chi connectivity index (χ0n) is 17.3. The first kappa shape index (κ1) is 23.3. The number of nitrogens with one attached hydrogen (secondary N) is 1. The van der Waals surface area contributed by atoms with Crippen molar-refractivity contribution in [2.75, 3.05) is 0 Å². The summed E-state index contributed by atoms with van der Waals surface area (Å²) < 4.78 is 14.9. The summed E-state index contributed by atoms with van der Waals surface area (Å²) in [5, 5.41) is 13.1. The van der Waals surface area contributed by atoms with E-state index >= 15 is 0 Å². The third-order valence-corrected chi connectivity index (χ3v) is 6.32. The molecule has 0 bridgehead atoms. The van der Waals surface area contributed by atoms with Gasteiger partial charge in [0.2, 0.25) is 5.91 Å². The first-order chi connectivity index (χ1) is 16.0. The molecule has 0 aliphatic carbocycles. The van der Waals surface area contributed by atoms with Crippen LogP contribution >= 0.6 is 35.0 Å². The molecular weight excluding hydrogens is 482 g/mol. The lowest BCUT2D eigenvalue weighted by Crippen LogP contribution is -2.26. The lowest BCUT2D eigenvalue weighted by atomic mass is 10.1. The van der Waals surface area contributed by atoms with Crippen LogP contribution in [0.4, 0.5) is 4.39 Å². The van der Waals surface area contributed by atoms with Crippen molar-refractivity contribution < 1.29 is 9.18 Å². The van der Waals surface area contributed by atoms with Gasteiger partial charge in [0, 0.05) is 10.8 Å². The van der Waals surface area contributed by atoms with Gasteiger partial charge in [0.05, 0.1) is 23.7 Å². The molecule has 0 aliphatic heterocycles. The summed E-state index contributed by atoms with van der Waals surface area (Å²) in [7, 11) is 0. The molecule has 33 heavy (non-hydrogen) atoms. The second kappa shape index (κ2) is 10.8. The fraction of sp³-hybridized carbons (Fsp3) is 0.125. The Bertz CT molecular complexity index is 1250. The van der Waals surface area contributed by atoms with Crippen molar-refractivity contribution >= 4 is 40.9 Å². The number of carbonyl (C=O) groups is 1. The number of hydrogen-bond donors (Lipinski definition) is 1. The van der Waals surface area contributed by atoms with E-state index in [2.05, 4.69) is 15.5 Å². The minimum absolute atomic E-state index is 0.131. The Morgan fingerprint density at radius 3 is 2.45 bits per heavy atom. The van der Waals surface area contributed by atoms with E-state index < -0.39 is 0 Å². The summed E-state index contributed by atoms with van der Waals surface area (Å²) in [5.74, 6) is 0.674. The molecule has 1 aromatic heterocycles. The van der Waals surface area contributed by atoms with Gasteiger partial charge in [-0.3, -0.25) is 9.36 Å². The van der Waals surface area contributed by atoms with Gasteiger partial charge < -0.3 is 5.32 Å². The third kappa shape index (κ3) is 6.13. The summed E-state index contributed by atoms with van der Waals surface area (Å²) in [5.41, 5.74) is 2.54. The Morgan fingerprint density at radius 1 is 0.970 bits per heavy atom. The van der Waals surface area contributed by atoms with Gasteiger partial charge in [0.1, 0.15) is 5.82 Å². The van der Waals surface area contributed by atoms with Crippen LogP contribution < -0.4 is 5.32 Å². The number of benzene rings is 3. The van der Waals surface area contributed by atoms with Crippen molar-refractivity contribution in [2.45, 2.75) is 23.9 Å². The van der Waals surface area contributed by atoms with Gasteiger partial charge in [0.25, 0.3) is 0 Å². The normalized spacial score (nSPS) is 10.9. The lowest BCUT2D eigenvalue weighted by Gasteiger charge is -2.13. The number of halogens is 3. The monoisotopic (exact) mass is 500 g/mol. The van der Waals surface area contributed by atoms with Crippen molar-refractivity contribution in [3.05, 3.63) is 106 Å². The summed E-state index contributed by atoms with van der Waals surface area (Å²) in [6.45, 7) is 0.151. The van der Waals surface area contributed by atoms with Gasteiger partial charge in [-0.25, -0.2) is 4.39 Å². The molecule has 0 unspecified atom stereocenters. The topological polar surface area (TPSA) is 59.8 Å². The molecule has 1 amide bonds. The highest BCUT2D eigenvalue weighted by Gasteiger charge is 2.18. The van der Waals surface area contributed by atoms with Gasteiger partial charge in [-0.15, -0.1) is 10.2 Å². The van der Waals surface area contributed by atoms with Crippen LogP contribution in [0.15, 0.2) is 78.0 Å². The van der Waals surface area contributed by atoms with Crippen molar-refractivity contribution in [2.24, 2.45) is 0 Å². The molecule has 0 fully saturated rings. The molecule has 1 heterocycles. The van der Waals surface area contributed by atoms with E-state index in [4.69, 9.17) is 23.2 Å². The molecule has 0 saturated carbocycles. The van der Waals surface area contributed by atoms with Crippen LogP contribution in [0.3, 0.4) is 0 Å². The van der Waals surface area contributed by atoms with E-state index in [0.29, 0.717) is 32.5 Å². The summed E-state index contributed by atoms with van der Waals surface area (Å²) >= 11 is 14.1. The summed E-state index contributed by atoms with van der Waals surface area (Å²) in [4.78, 5) is 12.4. The summed E-state index contributed by atoms with van der Waals surface area (Å²) in [6.07, 6.45) is 0.131. The van der Waals surface area contributed by atoms with Crippen LogP contribution in [-0.2, 0) is 23.5 Å². The van der Waals surface area contributed by atoms with E-state index in [1.807, 2.05) is 34.9 Å². The first-order valence-corrected chi connectivity index (χ1v) is 11.8. The number of thioether (sulfide) groups is 1. The minimum atomic E-state index is -0.340. The minimum Gasteiger partial charge on any atom is -0.348 e. The smallest absolute Gasteiger partial charge is 0.224 e. The molecule has 0 saturated heterocycles. The highest BCUT2D eigenvalue weighted by atomic mass is 35.5. The summed E-state index contributed by atoms with van der Waals surface area (Å²) in [6, 6.07) is 21.0. The molecule has 0 radical (unpaired) electrons. The van der Waals surface area contributed by atoms with E-state index in [1.165, 1.54) is 23.9 Å². The quantitative estimate of drug-likeness (QED) is 0.307. The van der Waals surface area contributed by atoms with E-state index in [1.54, 1.807) is 30.3 Å². The number of nitrogens with zero attached hydrogens (tertiary/aromatic N) is 3. The Labute approximate surface area is 204 Å². The van der Waals surface area contributed by atoms with Gasteiger partial charge in [0.15, 0.2) is 11.0 Å². The predicted molar refractivity (Wildman–Crippen MR) is 129 cm³/mol. The Hall–Kier alpha value is -2.87. The fourth-order valence-corrected chi connectivity index (χ4v) is 4.58. The van der Waals surface area contributed by atoms with Crippen LogP contribution in [-0.4, -0.2) is 20.7 Å². The molecule has 0 atom stereocenters. The molecule has 5 nitrogen and oxygen atoms in total. The molecule has 0 aliphatic rings. The van der Waals surface area contributed by atoms with E-state index in [9.17, 15) is 9.18 Å². The maximum atomic E-state index is 13.1. The predicted octanol–water partition coefficient (Wildman–Crippen LogP) is 5.86. The molecule has 3 aromatic carbocycles. The number of hydrogen-bond acceptors (Lipinski definition) is 4. The first-order valence-electron chi connectivity index (χ1n) is 10.1. The van der Waals surface area contributed by atoms with Crippen LogP contribution in [0.5, 0.6) is 0 Å². The van der Waals surface area contributed by atoms with Gasteiger partial charge in [-0.05, 0) is 41.5 Å². The molecule has 4 rings (SSSR count). The SMILES string of the molecule is O=C(Cc1ccc(F)cc1)NCc1nnc(SCc2ccccc2)n1-c1ccc(Cl)cc1Cl. The number of carbonyl (C=O) groups excluding carboxylic acids is 1. The highest BCUT2D eigenvalue weighted by Crippen LogP contribution is 2.30. The van der Waals surface area contributed by atoms with Crippen LogP contribution in [0.2, 0.25) is 10.0 Å². The molecule has 0 spiro atoms. The van der Waals surface area contributed by atoms with Gasteiger partial charge in [-0.1, -0.05) is 77.4 Å². The van der Waals surface area contributed by atoms with Crippen LogP contribution in [0, 0.1) is 5.82 Å². The van der Waals surface area contributed by atoms with E-state index in [0.717, 1.165) is 11.1 Å². The standard InChI is InChI=1S/C24H19Cl2FN4OS/c25-18-8-11-21(20(26)13-18)31-22(14-28-23(32)12-16-6-9-19(27)10-7-16)29-30-24(31)33-15-17-4-2-1-3-5-17/h1-11,13H,12,14-15H2,(H,28,32). The van der Waals surface area contributed by atoms with Gasteiger partial charge >= 0.3 is 0 Å². The zero-order chi connectivity index (χ0) is 23.2. The Kier molecular flexibility index (Phi) is 7.65. The van der Waals surface area contributed by atoms with Crippen molar-refractivity contribution in [1.29, 1.82) is 0 Å². The molecule has 9 heteroatoms. The third-order valence-electron chi connectivity index (χ3n) is 4.78. The zero-order valence-corrected chi connectivity index (χ0v) is 19.7. The molecule has 1 N–H and O–H groups in total. The Balaban J connectivity index is 1.54. The fourth-order valence-electron chi connectivity index (χ4n) is 3.16. The largest absolute Gasteiger partial charge is 0.348 e. The highest BCUT2D eigenvalue weighted by molar-refractivity contribution is 7.98. The van der Waals surface area contributed by atoms with Crippen LogP contribution in [0.25, 0.3) is 5.69 Å². The Morgan fingerprint density at radius 2 is 1.73 bits per heavy atom. The maximum absolute atomic E-state index is 13.1.